The Balaban J connectivity index is 1.80. The van der Waals surface area contributed by atoms with E-state index in [2.05, 4.69) is 24.3 Å². The van der Waals surface area contributed by atoms with Crippen LogP contribution in [0.4, 0.5) is 4.39 Å². The number of nitrogens with zero attached hydrogens (tertiary/aromatic N) is 2. The van der Waals surface area contributed by atoms with Gasteiger partial charge in [0.05, 0.1) is 18.2 Å². The fourth-order valence-corrected chi connectivity index (χ4v) is 4.12. The fraction of sp³-hybridized carbons (Fsp3) is 0.364. The Hall–Kier alpha value is -2.47. The zero-order chi connectivity index (χ0) is 20.3. The summed E-state index contributed by atoms with van der Waals surface area (Å²) in [6, 6.07) is 9.93. The summed E-state index contributed by atoms with van der Waals surface area (Å²) in [5.41, 5.74) is 3.77. The van der Waals surface area contributed by atoms with E-state index in [0.29, 0.717) is 5.92 Å². The van der Waals surface area contributed by atoms with Crippen molar-refractivity contribution in [2.24, 2.45) is 5.92 Å². The summed E-state index contributed by atoms with van der Waals surface area (Å²) in [5, 5.41) is 9.69. The number of aromatic nitrogens is 2. The smallest absolute Gasteiger partial charge is 0.225 e. The molecule has 1 atom stereocenters. The standard InChI is InChI=1S/C22H26FN3OS/c1-14(2)13-26-16(4)19(15(3)25-26)12-21(27)24-22(20-6-5-11-28-20)17-7-9-18(23)10-8-17/h5-11,14,22H,12-13H2,1-4H3,(H,24,27). The number of rotatable bonds is 7. The van der Waals surface area contributed by atoms with Crippen molar-refractivity contribution in [2.75, 3.05) is 0 Å². The van der Waals surface area contributed by atoms with Crippen LogP contribution in [0.1, 0.15) is 47.3 Å². The quantitative estimate of drug-likeness (QED) is 0.620. The molecule has 6 heteroatoms. The Morgan fingerprint density at radius 3 is 2.54 bits per heavy atom. The first kappa shape index (κ1) is 20.3. The average molecular weight is 400 g/mol. The maximum atomic E-state index is 13.3. The normalized spacial score (nSPS) is 12.4. The molecule has 0 aliphatic carbocycles. The highest BCUT2D eigenvalue weighted by molar-refractivity contribution is 7.10. The molecule has 0 saturated carbocycles. The molecule has 148 valence electrons. The molecule has 1 N–H and O–H groups in total. The van der Waals surface area contributed by atoms with Crippen LogP contribution in [0.3, 0.4) is 0 Å². The highest BCUT2D eigenvalue weighted by Crippen LogP contribution is 2.26. The average Bonchev–Trinajstić information content (AvgIpc) is 3.25. The summed E-state index contributed by atoms with van der Waals surface area (Å²) in [5.74, 6) is 0.128. The Morgan fingerprint density at radius 2 is 1.93 bits per heavy atom. The number of hydrogen-bond acceptors (Lipinski definition) is 3. The van der Waals surface area contributed by atoms with E-state index in [1.54, 1.807) is 23.5 Å². The zero-order valence-electron chi connectivity index (χ0n) is 16.7. The third kappa shape index (κ3) is 4.68. The molecule has 0 fully saturated rings. The van der Waals surface area contributed by atoms with E-state index in [-0.39, 0.29) is 24.2 Å². The molecule has 0 bridgehead atoms. The molecule has 3 rings (SSSR count). The Bertz CT molecular complexity index is 930. The maximum absolute atomic E-state index is 13.3. The van der Waals surface area contributed by atoms with Crippen LogP contribution in [0.25, 0.3) is 0 Å². The maximum Gasteiger partial charge on any atom is 0.225 e. The van der Waals surface area contributed by atoms with Crippen molar-refractivity contribution in [3.8, 4) is 0 Å². The number of benzene rings is 1. The van der Waals surface area contributed by atoms with Gasteiger partial charge in [-0.05, 0) is 48.9 Å². The molecular formula is C22H26FN3OS. The summed E-state index contributed by atoms with van der Waals surface area (Å²) in [4.78, 5) is 13.9. The van der Waals surface area contributed by atoms with Gasteiger partial charge in [-0.2, -0.15) is 5.10 Å². The molecule has 1 amide bonds. The summed E-state index contributed by atoms with van der Waals surface area (Å²) < 4.78 is 15.3. The number of aryl methyl sites for hydroxylation is 1. The van der Waals surface area contributed by atoms with Gasteiger partial charge in [-0.1, -0.05) is 32.0 Å². The van der Waals surface area contributed by atoms with Crippen molar-refractivity contribution in [3.05, 3.63) is 75.0 Å². The van der Waals surface area contributed by atoms with Gasteiger partial charge >= 0.3 is 0 Å². The van der Waals surface area contributed by atoms with Crippen molar-refractivity contribution < 1.29 is 9.18 Å². The molecule has 0 saturated heterocycles. The van der Waals surface area contributed by atoms with E-state index < -0.39 is 0 Å². The minimum atomic E-state index is -0.292. The topological polar surface area (TPSA) is 46.9 Å². The van der Waals surface area contributed by atoms with Crippen molar-refractivity contribution >= 4 is 17.2 Å². The number of halogens is 1. The zero-order valence-corrected chi connectivity index (χ0v) is 17.5. The molecule has 0 spiro atoms. The molecular weight excluding hydrogens is 373 g/mol. The minimum absolute atomic E-state index is 0.0713. The predicted molar refractivity (Wildman–Crippen MR) is 111 cm³/mol. The summed E-state index contributed by atoms with van der Waals surface area (Å²) in [6.45, 7) is 9.10. The summed E-state index contributed by atoms with van der Waals surface area (Å²) in [6.07, 6.45) is 0.277. The van der Waals surface area contributed by atoms with Crippen molar-refractivity contribution in [3.63, 3.8) is 0 Å². The minimum Gasteiger partial charge on any atom is -0.344 e. The summed E-state index contributed by atoms with van der Waals surface area (Å²) >= 11 is 1.57. The third-order valence-corrected chi connectivity index (χ3v) is 5.68. The van der Waals surface area contributed by atoms with Crippen LogP contribution in [0.2, 0.25) is 0 Å². The lowest BCUT2D eigenvalue weighted by atomic mass is 10.0. The first-order valence-corrected chi connectivity index (χ1v) is 10.3. The van der Waals surface area contributed by atoms with Gasteiger partial charge in [0, 0.05) is 22.7 Å². The van der Waals surface area contributed by atoms with Crippen LogP contribution >= 0.6 is 11.3 Å². The van der Waals surface area contributed by atoms with Crippen molar-refractivity contribution in [2.45, 2.75) is 46.7 Å². The second kappa shape index (κ2) is 8.69. The monoisotopic (exact) mass is 399 g/mol. The Labute approximate surface area is 169 Å². The van der Waals surface area contributed by atoms with E-state index in [0.717, 1.165) is 33.9 Å². The number of amides is 1. The van der Waals surface area contributed by atoms with Gasteiger partial charge in [-0.25, -0.2) is 4.39 Å². The lowest BCUT2D eigenvalue weighted by Crippen LogP contribution is -2.30. The molecule has 0 aliphatic heterocycles. The number of hydrogen-bond donors (Lipinski definition) is 1. The van der Waals surface area contributed by atoms with E-state index in [4.69, 9.17) is 0 Å². The molecule has 28 heavy (non-hydrogen) atoms. The van der Waals surface area contributed by atoms with E-state index in [9.17, 15) is 9.18 Å². The van der Waals surface area contributed by atoms with Gasteiger partial charge in [-0.15, -0.1) is 11.3 Å². The van der Waals surface area contributed by atoms with Crippen LogP contribution in [0.15, 0.2) is 41.8 Å². The first-order chi connectivity index (χ1) is 13.3. The van der Waals surface area contributed by atoms with Crippen LogP contribution in [0.5, 0.6) is 0 Å². The molecule has 1 aromatic carbocycles. The van der Waals surface area contributed by atoms with Crippen LogP contribution in [-0.4, -0.2) is 15.7 Å². The number of carbonyl (C=O) groups excluding carboxylic acids is 1. The highest BCUT2D eigenvalue weighted by Gasteiger charge is 2.21. The fourth-order valence-electron chi connectivity index (χ4n) is 3.32. The lowest BCUT2D eigenvalue weighted by Gasteiger charge is -2.18. The molecule has 3 aromatic rings. The first-order valence-electron chi connectivity index (χ1n) is 9.46. The Kier molecular flexibility index (Phi) is 6.29. The van der Waals surface area contributed by atoms with Crippen LogP contribution in [0, 0.1) is 25.6 Å². The molecule has 0 aliphatic rings. The van der Waals surface area contributed by atoms with E-state index >= 15 is 0 Å². The van der Waals surface area contributed by atoms with Gasteiger partial charge in [0.2, 0.25) is 5.91 Å². The molecule has 0 radical (unpaired) electrons. The highest BCUT2D eigenvalue weighted by atomic mass is 32.1. The second-order valence-corrected chi connectivity index (χ2v) is 8.45. The van der Waals surface area contributed by atoms with Gasteiger partial charge < -0.3 is 5.32 Å². The molecule has 1 unspecified atom stereocenters. The van der Waals surface area contributed by atoms with E-state index in [1.165, 1.54) is 12.1 Å². The second-order valence-electron chi connectivity index (χ2n) is 7.47. The number of carbonyl (C=O) groups is 1. The third-order valence-electron chi connectivity index (χ3n) is 4.74. The van der Waals surface area contributed by atoms with Gasteiger partial charge in [0.25, 0.3) is 0 Å². The van der Waals surface area contributed by atoms with Crippen molar-refractivity contribution in [1.82, 2.24) is 15.1 Å². The van der Waals surface area contributed by atoms with Crippen LogP contribution in [-0.2, 0) is 17.8 Å². The number of thiophene rings is 1. The van der Waals surface area contributed by atoms with Gasteiger partial charge in [0.15, 0.2) is 0 Å². The Morgan fingerprint density at radius 1 is 1.21 bits per heavy atom. The largest absolute Gasteiger partial charge is 0.344 e. The molecule has 4 nitrogen and oxygen atoms in total. The van der Waals surface area contributed by atoms with Gasteiger partial charge in [-0.3, -0.25) is 9.48 Å². The molecule has 2 aromatic heterocycles. The predicted octanol–water partition coefficient (Wildman–Crippen LogP) is 4.80. The lowest BCUT2D eigenvalue weighted by molar-refractivity contribution is -0.120. The molecule has 2 heterocycles. The van der Waals surface area contributed by atoms with Crippen molar-refractivity contribution in [1.29, 1.82) is 0 Å². The number of nitrogens with one attached hydrogen (secondary N) is 1. The van der Waals surface area contributed by atoms with E-state index in [1.807, 2.05) is 36.0 Å². The SMILES string of the molecule is Cc1nn(CC(C)C)c(C)c1CC(=O)NC(c1ccc(F)cc1)c1cccs1. The van der Waals surface area contributed by atoms with Gasteiger partial charge in [0.1, 0.15) is 5.82 Å². The van der Waals surface area contributed by atoms with Crippen LogP contribution < -0.4 is 5.32 Å². The summed E-state index contributed by atoms with van der Waals surface area (Å²) in [7, 11) is 0.